The highest BCUT2D eigenvalue weighted by molar-refractivity contribution is 6.05. The molecule has 0 spiro atoms. The molecule has 0 fully saturated rings. The maximum atomic E-state index is 13.1. The molecular weight excluding hydrogens is 322 g/mol. The van der Waals surface area contributed by atoms with Crippen LogP contribution >= 0.6 is 0 Å². The Morgan fingerprint density at radius 3 is 2.76 bits per heavy atom. The van der Waals surface area contributed by atoms with Gasteiger partial charge in [-0.15, -0.1) is 0 Å². The number of hydrogen-bond donors (Lipinski definition) is 2. The van der Waals surface area contributed by atoms with E-state index in [9.17, 15) is 14.7 Å². The van der Waals surface area contributed by atoms with Gasteiger partial charge in [0, 0.05) is 13.6 Å². The van der Waals surface area contributed by atoms with Crippen molar-refractivity contribution in [3.63, 3.8) is 0 Å². The number of carbonyl (C=O) groups is 2. The molecule has 0 aromatic heterocycles. The smallest absolute Gasteiger partial charge is 0.408 e. The van der Waals surface area contributed by atoms with E-state index in [1.54, 1.807) is 25.7 Å². The van der Waals surface area contributed by atoms with E-state index in [1.165, 1.54) is 0 Å². The van der Waals surface area contributed by atoms with E-state index in [2.05, 4.69) is 5.32 Å². The van der Waals surface area contributed by atoms with Gasteiger partial charge in [-0.25, -0.2) is 4.79 Å². The summed E-state index contributed by atoms with van der Waals surface area (Å²) >= 11 is 0. The van der Waals surface area contributed by atoms with E-state index < -0.39 is 17.7 Å². The summed E-state index contributed by atoms with van der Waals surface area (Å²) in [5.41, 5.74) is 2.16. The number of nitrogens with zero attached hydrogens (tertiary/aromatic N) is 2. The molecule has 0 radical (unpaired) electrons. The molecule has 0 aliphatic carbocycles. The van der Waals surface area contributed by atoms with E-state index in [-0.39, 0.29) is 18.6 Å². The Labute approximate surface area is 147 Å². The van der Waals surface area contributed by atoms with Gasteiger partial charge in [-0.1, -0.05) is 12.1 Å². The number of anilines is 2. The zero-order valence-corrected chi connectivity index (χ0v) is 15.1. The summed E-state index contributed by atoms with van der Waals surface area (Å²) in [6.07, 6.45) is -0.0107. The lowest BCUT2D eigenvalue weighted by atomic mass is 10.1. The molecule has 2 aliphatic rings. The number of likely N-dealkylation sites (N-methyl/N-ethyl adjacent to an activating group) is 1. The van der Waals surface area contributed by atoms with E-state index in [0.717, 1.165) is 16.9 Å². The zero-order chi connectivity index (χ0) is 18.4. The molecule has 2 atom stereocenters. The minimum Gasteiger partial charge on any atom is -0.444 e. The molecule has 0 unspecified atom stereocenters. The van der Waals surface area contributed by atoms with E-state index in [1.807, 2.05) is 30.1 Å². The average molecular weight is 347 g/mol. The van der Waals surface area contributed by atoms with Crippen LogP contribution in [0.3, 0.4) is 0 Å². The standard InChI is InChI=1S/C18H25N3O4/c1-18(2,3)25-17(24)19-13-9-20(4)14-7-5-6-11-8-12(10-22)21(15(11)14)16(13)23/h5-7,12-13,22H,8-10H2,1-4H3,(H,19,24)/t12-,13-/m0/s1. The lowest BCUT2D eigenvalue weighted by Crippen LogP contribution is -2.54. The van der Waals surface area contributed by atoms with Crippen molar-refractivity contribution < 1.29 is 19.4 Å². The first kappa shape index (κ1) is 17.5. The van der Waals surface area contributed by atoms with Gasteiger partial charge in [-0.3, -0.25) is 4.79 Å². The quantitative estimate of drug-likeness (QED) is 0.842. The molecule has 7 heteroatoms. The lowest BCUT2D eigenvalue weighted by molar-refractivity contribution is -0.120. The van der Waals surface area contributed by atoms with Gasteiger partial charge in [0.05, 0.1) is 24.0 Å². The summed E-state index contributed by atoms with van der Waals surface area (Å²) in [4.78, 5) is 28.8. The van der Waals surface area contributed by atoms with Crippen molar-refractivity contribution in [3.8, 4) is 0 Å². The second kappa shape index (κ2) is 6.22. The fourth-order valence-electron chi connectivity index (χ4n) is 3.47. The third-order valence-electron chi connectivity index (χ3n) is 4.46. The van der Waals surface area contributed by atoms with Gasteiger partial charge in [0.15, 0.2) is 0 Å². The van der Waals surface area contributed by atoms with Crippen molar-refractivity contribution >= 4 is 23.4 Å². The van der Waals surface area contributed by atoms with Crippen LogP contribution in [0.25, 0.3) is 0 Å². The maximum absolute atomic E-state index is 13.1. The number of benzene rings is 1. The first-order chi connectivity index (χ1) is 11.7. The zero-order valence-electron chi connectivity index (χ0n) is 15.1. The molecule has 0 saturated carbocycles. The fraction of sp³-hybridized carbons (Fsp3) is 0.556. The number of nitrogens with one attached hydrogen (secondary N) is 1. The fourth-order valence-corrected chi connectivity index (χ4v) is 3.47. The number of rotatable bonds is 2. The van der Waals surface area contributed by atoms with Crippen molar-refractivity contribution in [1.82, 2.24) is 5.32 Å². The summed E-state index contributed by atoms with van der Waals surface area (Å²) in [6.45, 7) is 5.54. The van der Waals surface area contributed by atoms with Crippen LogP contribution in [0.15, 0.2) is 18.2 Å². The molecule has 136 valence electrons. The summed E-state index contributed by atoms with van der Waals surface area (Å²) in [6, 6.07) is 4.83. The minimum atomic E-state index is -0.743. The molecule has 2 heterocycles. The van der Waals surface area contributed by atoms with Crippen LogP contribution in [0.5, 0.6) is 0 Å². The Balaban J connectivity index is 1.91. The molecule has 2 amide bonds. The Hall–Kier alpha value is -2.28. The van der Waals surface area contributed by atoms with E-state index in [4.69, 9.17) is 4.74 Å². The Morgan fingerprint density at radius 2 is 2.12 bits per heavy atom. The molecule has 0 saturated heterocycles. The van der Waals surface area contributed by atoms with Crippen LogP contribution in [0.2, 0.25) is 0 Å². The molecule has 1 aromatic carbocycles. The van der Waals surface area contributed by atoms with Crippen LogP contribution in [-0.4, -0.2) is 55.0 Å². The highest BCUT2D eigenvalue weighted by Gasteiger charge is 2.42. The lowest BCUT2D eigenvalue weighted by Gasteiger charge is -2.28. The second-order valence-electron chi connectivity index (χ2n) is 7.61. The summed E-state index contributed by atoms with van der Waals surface area (Å²) in [7, 11) is 1.89. The molecule has 0 bridgehead atoms. The minimum absolute atomic E-state index is 0.122. The van der Waals surface area contributed by atoms with Crippen LogP contribution in [0.1, 0.15) is 26.3 Å². The first-order valence-corrected chi connectivity index (χ1v) is 8.47. The van der Waals surface area contributed by atoms with Gasteiger partial charge in [0.2, 0.25) is 0 Å². The molecule has 7 nitrogen and oxygen atoms in total. The Bertz CT molecular complexity index is 698. The monoisotopic (exact) mass is 347 g/mol. The summed E-state index contributed by atoms with van der Waals surface area (Å²) < 4.78 is 5.29. The van der Waals surface area contributed by atoms with Gasteiger partial charge in [-0.05, 0) is 38.8 Å². The first-order valence-electron chi connectivity index (χ1n) is 8.47. The molecule has 3 rings (SSSR count). The predicted octanol–water partition coefficient (Wildman–Crippen LogP) is 1.28. The highest BCUT2D eigenvalue weighted by Crippen LogP contribution is 2.42. The third-order valence-corrected chi connectivity index (χ3v) is 4.46. The van der Waals surface area contributed by atoms with Gasteiger partial charge < -0.3 is 25.0 Å². The van der Waals surface area contributed by atoms with Crippen molar-refractivity contribution in [1.29, 1.82) is 0 Å². The van der Waals surface area contributed by atoms with Crippen LogP contribution in [0.4, 0.5) is 16.2 Å². The number of amides is 2. The second-order valence-corrected chi connectivity index (χ2v) is 7.61. The molecule has 25 heavy (non-hydrogen) atoms. The number of para-hydroxylation sites is 1. The van der Waals surface area contributed by atoms with Gasteiger partial charge in [0.25, 0.3) is 5.91 Å². The molecule has 2 N–H and O–H groups in total. The molecule has 2 aliphatic heterocycles. The maximum Gasteiger partial charge on any atom is 0.408 e. The summed E-state index contributed by atoms with van der Waals surface area (Å²) in [5.74, 6) is -0.222. The number of ether oxygens (including phenoxy) is 1. The summed E-state index contributed by atoms with van der Waals surface area (Å²) in [5, 5.41) is 12.4. The normalized spacial score (nSPS) is 22.5. The van der Waals surface area contributed by atoms with Gasteiger partial charge in [0.1, 0.15) is 11.6 Å². The average Bonchev–Trinajstić information content (AvgIpc) is 2.85. The van der Waals surface area contributed by atoms with Crippen molar-refractivity contribution in [2.45, 2.75) is 44.9 Å². The number of aliphatic hydroxyl groups is 1. The Kier molecular flexibility index (Phi) is 4.36. The van der Waals surface area contributed by atoms with Crippen LogP contribution in [-0.2, 0) is 16.0 Å². The SMILES string of the molecule is CN1C[C@H](NC(=O)OC(C)(C)C)C(=O)N2c3c(cccc31)C[C@H]2CO. The number of aliphatic hydroxyl groups excluding tert-OH is 1. The van der Waals surface area contributed by atoms with Crippen LogP contribution < -0.4 is 15.1 Å². The van der Waals surface area contributed by atoms with Gasteiger partial charge >= 0.3 is 6.09 Å². The predicted molar refractivity (Wildman–Crippen MR) is 94.9 cm³/mol. The van der Waals surface area contributed by atoms with Gasteiger partial charge in [-0.2, -0.15) is 0 Å². The third kappa shape index (κ3) is 3.28. The molecular formula is C18H25N3O4. The van der Waals surface area contributed by atoms with Crippen molar-refractivity contribution in [3.05, 3.63) is 23.8 Å². The topological polar surface area (TPSA) is 82.1 Å². The number of alkyl carbamates (subject to hydrolysis) is 1. The van der Waals surface area contributed by atoms with Crippen LogP contribution in [0, 0.1) is 0 Å². The highest BCUT2D eigenvalue weighted by atomic mass is 16.6. The largest absolute Gasteiger partial charge is 0.444 e. The van der Waals surface area contributed by atoms with E-state index >= 15 is 0 Å². The van der Waals surface area contributed by atoms with Crippen molar-refractivity contribution in [2.24, 2.45) is 0 Å². The van der Waals surface area contributed by atoms with Crippen molar-refractivity contribution in [2.75, 3.05) is 30.0 Å². The number of hydrogen-bond acceptors (Lipinski definition) is 5. The Morgan fingerprint density at radius 1 is 1.40 bits per heavy atom. The number of carbonyl (C=O) groups excluding carboxylic acids is 2. The molecule has 1 aromatic rings. The van der Waals surface area contributed by atoms with E-state index in [0.29, 0.717) is 13.0 Å².